The van der Waals surface area contributed by atoms with Crippen molar-refractivity contribution in [2.75, 3.05) is 38.1 Å². The Balaban J connectivity index is 1.64. The van der Waals surface area contributed by atoms with E-state index < -0.39 is 29.1 Å². The lowest BCUT2D eigenvalue weighted by molar-refractivity contribution is -0.267. The number of thiazole rings is 1. The van der Waals surface area contributed by atoms with Crippen LogP contribution in [0.4, 0.5) is 19.0 Å². The molecule has 11 heteroatoms. The Morgan fingerprint density at radius 2 is 2.00 bits per heavy atom. The van der Waals surface area contributed by atoms with Gasteiger partial charge in [-0.05, 0) is 31.7 Å². The zero-order valence-corrected chi connectivity index (χ0v) is 17.6. The summed E-state index contributed by atoms with van der Waals surface area (Å²) in [6.45, 7) is 5.03. The summed E-state index contributed by atoms with van der Waals surface area (Å²) in [4.78, 5) is 24.7. The van der Waals surface area contributed by atoms with Crippen molar-refractivity contribution in [3.05, 3.63) is 40.0 Å². The number of carbonyl (C=O) groups is 1. The van der Waals surface area contributed by atoms with E-state index in [2.05, 4.69) is 25.1 Å². The number of hydrogen-bond donors (Lipinski definition) is 2. The Bertz CT molecular complexity index is 883. The quantitative estimate of drug-likeness (QED) is 0.711. The number of rotatable bonds is 6. The number of aliphatic hydroxyl groups is 1. The lowest BCUT2D eigenvalue weighted by atomic mass is 9.99. The largest absolute Gasteiger partial charge is 0.424 e. The molecular weight excluding hydrogens is 419 g/mol. The Kier molecular flexibility index (Phi) is 6.63. The van der Waals surface area contributed by atoms with Gasteiger partial charge in [0.15, 0.2) is 0 Å². The Morgan fingerprint density at radius 3 is 2.60 bits per heavy atom. The van der Waals surface area contributed by atoms with Crippen molar-refractivity contribution in [3.63, 3.8) is 0 Å². The van der Waals surface area contributed by atoms with E-state index in [1.54, 1.807) is 12.3 Å². The maximum absolute atomic E-state index is 13.5. The molecule has 0 aromatic carbocycles. The Morgan fingerprint density at radius 1 is 1.30 bits per heavy atom. The predicted molar refractivity (Wildman–Crippen MR) is 107 cm³/mol. The first-order valence-corrected chi connectivity index (χ1v) is 10.3. The van der Waals surface area contributed by atoms with Gasteiger partial charge in [-0.15, -0.1) is 11.3 Å². The third-order valence-corrected chi connectivity index (χ3v) is 6.10. The Labute approximate surface area is 176 Å². The van der Waals surface area contributed by atoms with Gasteiger partial charge >= 0.3 is 6.18 Å². The van der Waals surface area contributed by atoms with Crippen molar-refractivity contribution in [1.29, 1.82) is 0 Å². The van der Waals surface area contributed by atoms with E-state index in [-0.39, 0.29) is 6.54 Å². The van der Waals surface area contributed by atoms with E-state index in [0.29, 0.717) is 22.6 Å². The molecule has 2 aromatic rings. The SMILES string of the molecule is Cc1csc(C(O)(CC(=O)NCc2ccnc(N3CCN(C)CC3)c2)C(F)(F)F)n1. The van der Waals surface area contributed by atoms with E-state index >= 15 is 0 Å². The molecule has 0 spiro atoms. The number of likely N-dealkylation sites (N-methyl/N-ethyl adjacent to an activating group) is 1. The zero-order chi connectivity index (χ0) is 21.9. The summed E-state index contributed by atoms with van der Waals surface area (Å²) in [5.74, 6) is -0.152. The second-order valence-corrected chi connectivity index (χ2v) is 8.28. The van der Waals surface area contributed by atoms with Crippen molar-refractivity contribution in [2.24, 2.45) is 0 Å². The first-order valence-electron chi connectivity index (χ1n) is 9.45. The van der Waals surface area contributed by atoms with Gasteiger partial charge in [-0.1, -0.05) is 0 Å². The standard InChI is InChI=1S/C19H24F3N5O2S/c1-13-12-30-17(25-13)18(29,19(20,21)22)10-16(28)24-11-14-3-4-23-15(9-14)27-7-5-26(2)6-8-27/h3-4,9,12,29H,5-8,10-11H2,1-2H3,(H,24,28). The molecule has 0 saturated carbocycles. The van der Waals surface area contributed by atoms with Crippen molar-refractivity contribution >= 4 is 23.1 Å². The summed E-state index contributed by atoms with van der Waals surface area (Å²) in [5, 5.41) is 13.6. The van der Waals surface area contributed by atoms with Crippen molar-refractivity contribution < 1.29 is 23.1 Å². The normalized spacial score (nSPS) is 17.6. The van der Waals surface area contributed by atoms with Gasteiger partial charge in [0.1, 0.15) is 10.8 Å². The van der Waals surface area contributed by atoms with E-state index in [0.717, 1.165) is 32.0 Å². The number of anilines is 1. The van der Waals surface area contributed by atoms with Crippen LogP contribution in [0.25, 0.3) is 0 Å². The van der Waals surface area contributed by atoms with Gasteiger partial charge in [-0.25, -0.2) is 9.97 Å². The molecule has 3 heterocycles. The fraction of sp³-hybridized carbons (Fsp3) is 0.526. The first kappa shape index (κ1) is 22.4. The number of pyridine rings is 1. The average molecular weight is 443 g/mol. The monoisotopic (exact) mass is 443 g/mol. The fourth-order valence-corrected chi connectivity index (χ4v) is 4.03. The second kappa shape index (κ2) is 8.86. The zero-order valence-electron chi connectivity index (χ0n) is 16.7. The number of hydrogen-bond acceptors (Lipinski definition) is 7. The number of alkyl halides is 3. The summed E-state index contributed by atoms with van der Waals surface area (Å²) in [6, 6.07) is 3.51. The molecule has 1 amide bonds. The van der Waals surface area contributed by atoms with Gasteiger partial charge in [-0.3, -0.25) is 4.79 Å². The van der Waals surface area contributed by atoms with E-state index in [9.17, 15) is 23.1 Å². The highest BCUT2D eigenvalue weighted by molar-refractivity contribution is 7.09. The number of halogens is 3. The lowest BCUT2D eigenvalue weighted by Crippen LogP contribution is -2.46. The third kappa shape index (κ3) is 5.08. The fourth-order valence-electron chi connectivity index (χ4n) is 3.12. The van der Waals surface area contributed by atoms with Crippen LogP contribution in [-0.4, -0.2) is 65.3 Å². The van der Waals surface area contributed by atoms with Crippen LogP contribution in [0.15, 0.2) is 23.7 Å². The molecule has 1 saturated heterocycles. The first-order chi connectivity index (χ1) is 14.1. The van der Waals surface area contributed by atoms with Crippen molar-refractivity contribution in [2.45, 2.75) is 31.7 Å². The topological polar surface area (TPSA) is 81.6 Å². The second-order valence-electron chi connectivity index (χ2n) is 7.42. The minimum atomic E-state index is -5.03. The molecule has 30 heavy (non-hydrogen) atoms. The number of nitrogens with one attached hydrogen (secondary N) is 1. The number of piperazine rings is 1. The lowest BCUT2D eigenvalue weighted by Gasteiger charge is -2.33. The van der Waals surface area contributed by atoms with Gasteiger partial charge in [-0.2, -0.15) is 13.2 Å². The number of aromatic nitrogens is 2. The number of carbonyl (C=O) groups excluding carboxylic acids is 1. The summed E-state index contributed by atoms with van der Waals surface area (Å²) >= 11 is 0.679. The van der Waals surface area contributed by atoms with Crippen LogP contribution in [0.1, 0.15) is 22.7 Å². The van der Waals surface area contributed by atoms with Gasteiger partial charge < -0.3 is 20.2 Å². The highest BCUT2D eigenvalue weighted by Crippen LogP contribution is 2.42. The molecule has 0 radical (unpaired) electrons. The van der Waals surface area contributed by atoms with Crippen LogP contribution in [-0.2, 0) is 16.9 Å². The van der Waals surface area contributed by atoms with Crippen LogP contribution in [0.3, 0.4) is 0 Å². The van der Waals surface area contributed by atoms with Crippen LogP contribution in [0, 0.1) is 6.92 Å². The van der Waals surface area contributed by atoms with Crippen LogP contribution in [0.5, 0.6) is 0 Å². The molecule has 3 rings (SSSR count). The van der Waals surface area contributed by atoms with Crippen molar-refractivity contribution in [1.82, 2.24) is 20.2 Å². The highest BCUT2D eigenvalue weighted by atomic mass is 32.1. The minimum Gasteiger partial charge on any atom is -0.374 e. The van der Waals surface area contributed by atoms with E-state index in [4.69, 9.17) is 0 Å². The molecule has 2 N–H and O–H groups in total. The third-order valence-electron chi connectivity index (χ3n) is 4.99. The molecule has 1 aliphatic heterocycles. The summed E-state index contributed by atoms with van der Waals surface area (Å²) in [5.41, 5.74) is -2.25. The average Bonchev–Trinajstić information content (AvgIpc) is 3.13. The summed E-state index contributed by atoms with van der Waals surface area (Å²) < 4.78 is 40.6. The minimum absolute atomic E-state index is 0.0347. The van der Waals surface area contributed by atoms with Gasteiger partial charge in [0.05, 0.1) is 6.42 Å². The van der Waals surface area contributed by atoms with E-state index in [1.807, 2.05) is 13.1 Å². The van der Waals surface area contributed by atoms with E-state index in [1.165, 1.54) is 12.3 Å². The predicted octanol–water partition coefficient (Wildman–Crippen LogP) is 2.05. The number of aryl methyl sites for hydroxylation is 1. The smallest absolute Gasteiger partial charge is 0.374 e. The van der Waals surface area contributed by atoms with Gasteiger partial charge in [0.25, 0.3) is 0 Å². The maximum Gasteiger partial charge on any atom is 0.424 e. The molecule has 7 nitrogen and oxygen atoms in total. The molecule has 1 fully saturated rings. The molecular formula is C19H24F3N5O2S. The molecule has 1 unspecified atom stereocenters. The molecule has 0 bridgehead atoms. The van der Waals surface area contributed by atoms with Crippen molar-refractivity contribution in [3.8, 4) is 0 Å². The van der Waals surface area contributed by atoms with Crippen LogP contribution >= 0.6 is 11.3 Å². The van der Waals surface area contributed by atoms with Gasteiger partial charge in [0.2, 0.25) is 11.5 Å². The van der Waals surface area contributed by atoms with Crippen LogP contribution < -0.4 is 10.2 Å². The highest BCUT2D eigenvalue weighted by Gasteiger charge is 2.58. The summed E-state index contributed by atoms with van der Waals surface area (Å²) in [6.07, 6.45) is -4.57. The van der Waals surface area contributed by atoms with Gasteiger partial charge in [0, 0.05) is 50.0 Å². The Hall–Kier alpha value is -2.24. The molecule has 2 aromatic heterocycles. The number of nitrogens with zero attached hydrogens (tertiary/aromatic N) is 4. The maximum atomic E-state index is 13.5. The van der Waals surface area contributed by atoms with Crippen LogP contribution in [0.2, 0.25) is 0 Å². The number of amides is 1. The molecule has 164 valence electrons. The molecule has 1 atom stereocenters. The molecule has 1 aliphatic rings. The molecule has 0 aliphatic carbocycles. The summed E-state index contributed by atoms with van der Waals surface area (Å²) in [7, 11) is 2.05.